The van der Waals surface area contributed by atoms with Gasteiger partial charge in [0.1, 0.15) is 11.2 Å². The van der Waals surface area contributed by atoms with Crippen molar-refractivity contribution in [3.8, 4) is 51.0 Å². The zero-order valence-corrected chi connectivity index (χ0v) is 31.2. The number of hydrogen-bond acceptors (Lipinski definition) is 4. The number of fused-ring (bicyclic) bond motifs is 9. The fourth-order valence-corrected chi connectivity index (χ4v) is 8.79. The van der Waals surface area contributed by atoms with Gasteiger partial charge in [0, 0.05) is 43.8 Å². The molecule has 0 aliphatic heterocycles. The van der Waals surface area contributed by atoms with Gasteiger partial charge in [-0.25, -0.2) is 4.98 Å². The minimum Gasteiger partial charge on any atom is -0.455 e. The lowest BCUT2D eigenvalue weighted by Crippen LogP contribution is -2.07. The minimum absolute atomic E-state index is 0.541. The molecule has 5 heteroatoms. The molecule has 9 aromatic carbocycles. The summed E-state index contributed by atoms with van der Waals surface area (Å²) in [6, 6.07) is 67.9. The summed E-state index contributed by atoms with van der Waals surface area (Å²) in [5.41, 5.74) is 9.92. The number of nitrogens with zero attached hydrogens (tertiary/aromatic N) is 4. The molecule has 0 N–H and O–H groups in total. The van der Waals surface area contributed by atoms with Crippen LogP contribution in [0.1, 0.15) is 0 Å². The van der Waals surface area contributed by atoms with Gasteiger partial charge in [0.25, 0.3) is 0 Å². The molecule has 0 unspecified atom stereocenters. The highest BCUT2D eigenvalue weighted by Crippen LogP contribution is 2.46. The molecule has 0 saturated heterocycles. The zero-order valence-electron chi connectivity index (χ0n) is 31.2. The topological polar surface area (TPSA) is 56.7 Å². The van der Waals surface area contributed by atoms with Crippen LogP contribution in [-0.4, -0.2) is 19.5 Å². The van der Waals surface area contributed by atoms with E-state index in [4.69, 9.17) is 19.4 Å². The fourth-order valence-electron chi connectivity index (χ4n) is 8.79. The van der Waals surface area contributed by atoms with Crippen molar-refractivity contribution in [3.05, 3.63) is 194 Å². The molecule has 0 aliphatic rings. The number of aromatic nitrogens is 4. The molecule has 0 amide bonds. The quantitative estimate of drug-likeness (QED) is 0.176. The molecule has 58 heavy (non-hydrogen) atoms. The van der Waals surface area contributed by atoms with E-state index < -0.39 is 0 Å². The van der Waals surface area contributed by atoms with Crippen LogP contribution in [0, 0.1) is 0 Å². The zero-order chi connectivity index (χ0) is 38.2. The number of para-hydroxylation sites is 2. The predicted molar refractivity (Wildman–Crippen MR) is 238 cm³/mol. The molecule has 0 spiro atoms. The van der Waals surface area contributed by atoms with E-state index in [0.717, 1.165) is 87.9 Å². The lowest BCUT2D eigenvalue weighted by atomic mass is 9.93. The van der Waals surface area contributed by atoms with Crippen molar-refractivity contribution >= 4 is 65.3 Å². The van der Waals surface area contributed by atoms with Crippen LogP contribution in [0.2, 0.25) is 0 Å². The Kier molecular flexibility index (Phi) is 7.16. The Hall–Kier alpha value is -7.89. The first kappa shape index (κ1) is 32.4. The Labute approximate surface area is 333 Å². The van der Waals surface area contributed by atoms with Crippen LogP contribution < -0.4 is 0 Å². The van der Waals surface area contributed by atoms with Crippen molar-refractivity contribution < 1.29 is 4.42 Å². The Balaban J connectivity index is 1.21. The third-order valence-corrected chi connectivity index (χ3v) is 11.4. The summed E-state index contributed by atoms with van der Waals surface area (Å²) < 4.78 is 9.08. The Morgan fingerprint density at radius 3 is 1.76 bits per heavy atom. The molecule has 3 heterocycles. The van der Waals surface area contributed by atoms with Crippen molar-refractivity contribution in [2.24, 2.45) is 0 Å². The number of benzene rings is 9. The molecule has 270 valence electrons. The number of hydrogen-bond donors (Lipinski definition) is 0. The van der Waals surface area contributed by atoms with Gasteiger partial charge in [0.05, 0.1) is 11.0 Å². The van der Waals surface area contributed by atoms with Gasteiger partial charge >= 0.3 is 0 Å². The third-order valence-electron chi connectivity index (χ3n) is 11.4. The second-order valence-corrected chi connectivity index (χ2v) is 14.8. The summed E-state index contributed by atoms with van der Waals surface area (Å²) in [6.07, 6.45) is 0. The van der Waals surface area contributed by atoms with E-state index in [1.165, 1.54) is 10.8 Å². The second-order valence-electron chi connectivity index (χ2n) is 14.8. The number of furan rings is 1. The minimum atomic E-state index is 0.541. The van der Waals surface area contributed by atoms with Gasteiger partial charge in [0.15, 0.2) is 11.6 Å². The van der Waals surface area contributed by atoms with E-state index in [1.54, 1.807) is 0 Å². The van der Waals surface area contributed by atoms with Gasteiger partial charge in [-0.3, -0.25) is 4.57 Å². The van der Waals surface area contributed by atoms with E-state index in [9.17, 15) is 0 Å². The van der Waals surface area contributed by atoms with E-state index in [0.29, 0.717) is 17.6 Å². The molecule has 0 atom stereocenters. The lowest BCUT2D eigenvalue weighted by Gasteiger charge is -2.14. The highest BCUT2D eigenvalue weighted by Gasteiger charge is 2.25. The van der Waals surface area contributed by atoms with Gasteiger partial charge in [-0.1, -0.05) is 176 Å². The molecule has 0 fully saturated rings. The molecular formula is C53H32N4O. The Bertz CT molecular complexity index is 3550. The summed E-state index contributed by atoms with van der Waals surface area (Å²) in [4.78, 5) is 15.8. The van der Waals surface area contributed by atoms with Crippen molar-refractivity contribution in [1.29, 1.82) is 0 Å². The maximum absolute atomic E-state index is 6.83. The number of rotatable bonds is 5. The average molecular weight is 741 g/mol. The SMILES string of the molecule is c1ccc(-c2ccc(-c3nc(-c4ccccc4)nc(-n4c5ccc6ccccc6c5c5cccc(-c6c7ccccc7cc7c6oc6ccccc67)c54)n3)cc2)cc1. The first-order valence-corrected chi connectivity index (χ1v) is 19.5. The smallest absolute Gasteiger partial charge is 0.238 e. The van der Waals surface area contributed by atoms with Gasteiger partial charge in [-0.2, -0.15) is 9.97 Å². The predicted octanol–water partition coefficient (Wildman–Crippen LogP) is 13.8. The maximum Gasteiger partial charge on any atom is 0.238 e. The summed E-state index contributed by atoms with van der Waals surface area (Å²) in [7, 11) is 0. The van der Waals surface area contributed by atoms with Gasteiger partial charge in [0.2, 0.25) is 5.95 Å². The summed E-state index contributed by atoms with van der Waals surface area (Å²) in [6.45, 7) is 0. The summed E-state index contributed by atoms with van der Waals surface area (Å²) in [5, 5.41) is 9.03. The third kappa shape index (κ3) is 5.00. The van der Waals surface area contributed by atoms with E-state index in [1.807, 2.05) is 30.3 Å². The van der Waals surface area contributed by atoms with Crippen molar-refractivity contribution in [2.75, 3.05) is 0 Å². The molecule has 0 radical (unpaired) electrons. The monoisotopic (exact) mass is 740 g/mol. The van der Waals surface area contributed by atoms with Crippen molar-refractivity contribution in [2.45, 2.75) is 0 Å². The van der Waals surface area contributed by atoms with Gasteiger partial charge < -0.3 is 4.42 Å². The Morgan fingerprint density at radius 1 is 0.397 bits per heavy atom. The van der Waals surface area contributed by atoms with E-state index in [2.05, 4.69) is 168 Å². The highest BCUT2D eigenvalue weighted by molar-refractivity contribution is 6.26. The van der Waals surface area contributed by atoms with Gasteiger partial charge in [-0.15, -0.1) is 0 Å². The second kappa shape index (κ2) is 12.8. The first-order chi connectivity index (χ1) is 28.8. The van der Waals surface area contributed by atoms with Crippen LogP contribution in [0.25, 0.3) is 116 Å². The summed E-state index contributed by atoms with van der Waals surface area (Å²) in [5.74, 6) is 1.74. The van der Waals surface area contributed by atoms with Crippen LogP contribution in [0.3, 0.4) is 0 Å². The summed E-state index contributed by atoms with van der Waals surface area (Å²) >= 11 is 0. The van der Waals surface area contributed by atoms with E-state index >= 15 is 0 Å². The lowest BCUT2D eigenvalue weighted by molar-refractivity contribution is 0.670. The van der Waals surface area contributed by atoms with Gasteiger partial charge in [-0.05, 0) is 50.9 Å². The van der Waals surface area contributed by atoms with E-state index in [-0.39, 0.29) is 0 Å². The standard InChI is InChI=1S/C53H32N4O/c1-3-14-33(15-4-1)34-26-28-37(29-27-34)52-54-51(36-17-5-2-6-18-36)55-53(56-52)57-45-31-30-35-16-7-9-20-39(35)47(45)42-23-13-24-43(49(42)57)48-40-21-10-8-19-38(40)32-44-41-22-11-12-25-46(41)58-50(44)48/h1-32H. The molecule has 0 saturated carbocycles. The average Bonchev–Trinajstić information content (AvgIpc) is 3.85. The van der Waals surface area contributed by atoms with Crippen molar-refractivity contribution in [1.82, 2.24) is 19.5 Å². The van der Waals surface area contributed by atoms with Crippen LogP contribution in [0.15, 0.2) is 199 Å². The van der Waals surface area contributed by atoms with Crippen LogP contribution in [-0.2, 0) is 0 Å². The molecule has 3 aromatic heterocycles. The van der Waals surface area contributed by atoms with Crippen molar-refractivity contribution in [3.63, 3.8) is 0 Å². The molecule has 5 nitrogen and oxygen atoms in total. The normalized spacial score (nSPS) is 11.8. The molecular weight excluding hydrogens is 709 g/mol. The van der Waals surface area contributed by atoms with Crippen LogP contribution in [0.5, 0.6) is 0 Å². The maximum atomic E-state index is 6.83. The first-order valence-electron chi connectivity index (χ1n) is 19.5. The van der Waals surface area contributed by atoms with Crippen LogP contribution >= 0.6 is 0 Å². The molecule has 12 rings (SSSR count). The highest BCUT2D eigenvalue weighted by atomic mass is 16.3. The molecule has 0 bridgehead atoms. The fraction of sp³-hybridized carbons (Fsp3) is 0. The molecule has 0 aliphatic carbocycles. The largest absolute Gasteiger partial charge is 0.455 e. The van der Waals surface area contributed by atoms with Crippen LogP contribution in [0.4, 0.5) is 0 Å². The Morgan fingerprint density at radius 2 is 0.983 bits per heavy atom. The molecule has 12 aromatic rings.